The first-order valence-corrected chi connectivity index (χ1v) is 10.7. The molecule has 2 heterocycles. The number of likely N-dealkylation sites (tertiary alicyclic amines) is 1. The van der Waals surface area contributed by atoms with Crippen molar-refractivity contribution in [1.29, 1.82) is 0 Å². The number of carbonyl (C=O) groups is 1. The molecule has 2 fully saturated rings. The van der Waals surface area contributed by atoms with E-state index in [1.165, 1.54) is 49.6 Å². The Bertz CT molecular complexity index is 805. The second-order valence-corrected chi connectivity index (χ2v) is 8.44. The minimum absolute atomic E-state index is 0.211. The number of fused-ring (bicyclic) bond motifs is 1. The Morgan fingerprint density at radius 1 is 1.15 bits per heavy atom. The number of rotatable bonds is 4. The van der Waals surface area contributed by atoms with E-state index < -0.39 is 0 Å². The summed E-state index contributed by atoms with van der Waals surface area (Å²) in [6, 6.07) is 6.65. The number of hydrogen-bond acceptors (Lipinski definition) is 4. The minimum Gasteiger partial charge on any atom is -0.339 e. The van der Waals surface area contributed by atoms with Gasteiger partial charge in [-0.15, -0.1) is 10.2 Å². The largest absolute Gasteiger partial charge is 0.339 e. The third-order valence-corrected chi connectivity index (χ3v) is 6.83. The predicted molar refractivity (Wildman–Crippen MR) is 104 cm³/mol. The highest BCUT2D eigenvalue weighted by atomic mass is 32.2. The first-order chi connectivity index (χ1) is 13.1. The molecule has 0 N–H and O–H groups in total. The van der Waals surface area contributed by atoms with Gasteiger partial charge < -0.3 is 9.47 Å². The van der Waals surface area contributed by atoms with E-state index in [0.717, 1.165) is 24.9 Å². The van der Waals surface area contributed by atoms with Gasteiger partial charge in [-0.1, -0.05) is 24.6 Å². The number of carbonyl (C=O) groups excluding carboxylic acids is 1. The Labute approximate surface area is 163 Å². The lowest BCUT2D eigenvalue weighted by Gasteiger charge is -2.44. The zero-order chi connectivity index (χ0) is 18.8. The van der Waals surface area contributed by atoms with E-state index in [9.17, 15) is 9.18 Å². The van der Waals surface area contributed by atoms with Crippen LogP contribution >= 0.6 is 11.8 Å². The lowest BCUT2D eigenvalue weighted by atomic mass is 9.78. The fourth-order valence-corrected chi connectivity index (χ4v) is 5.23. The van der Waals surface area contributed by atoms with Crippen molar-refractivity contribution in [1.82, 2.24) is 19.7 Å². The molecule has 5 nitrogen and oxygen atoms in total. The number of piperidine rings is 1. The SMILES string of the molecule is Cn1c(SCC(=O)N2CCC[C@H]3CCCC[C@H]32)nnc1-c1ccc(F)cc1. The van der Waals surface area contributed by atoms with E-state index in [2.05, 4.69) is 15.1 Å². The lowest BCUT2D eigenvalue weighted by molar-refractivity contribution is -0.134. The number of halogens is 1. The van der Waals surface area contributed by atoms with Gasteiger partial charge in [0.15, 0.2) is 11.0 Å². The van der Waals surface area contributed by atoms with Crippen LogP contribution in [0.5, 0.6) is 0 Å². The molecule has 1 aliphatic heterocycles. The number of aromatic nitrogens is 3. The first-order valence-electron chi connectivity index (χ1n) is 9.71. The molecule has 1 saturated heterocycles. The highest BCUT2D eigenvalue weighted by Gasteiger charge is 2.35. The number of nitrogens with zero attached hydrogens (tertiary/aromatic N) is 4. The van der Waals surface area contributed by atoms with E-state index in [-0.39, 0.29) is 11.7 Å². The van der Waals surface area contributed by atoms with E-state index in [1.807, 2.05) is 11.6 Å². The van der Waals surface area contributed by atoms with Crippen LogP contribution < -0.4 is 0 Å². The third kappa shape index (κ3) is 3.88. The maximum Gasteiger partial charge on any atom is 0.233 e. The zero-order valence-corrected chi connectivity index (χ0v) is 16.4. The Balaban J connectivity index is 1.41. The normalized spacial score (nSPS) is 22.5. The summed E-state index contributed by atoms with van der Waals surface area (Å²) in [4.78, 5) is 15.0. The highest BCUT2D eigenvalue weighted by molar-refractivity contribution is 7.99. The summed E-state index contributed by atoms with van der Waals surface area (Å²) >= 11 is 1.43. The Morgan fingerprint density at radius 3 is 2.70 bits per heavy atom. The monoisotopic (exact) mass is 388 g/mol. The Morgan fingerprint density at radius 2 is 1.89 bits per heavy atom. The van der Waals surface area contributed by atoms with Crippen molar-refractivity contribution in [3.05, 3.63) is 30.1 Å². The summed E-state index contributed by atoms with van der Waals surface area (Å²) in [5, 5.41) is 9.15. The van der Waals surface area contributed by atoms with Crippen LogP contribution in [-0.4, -0.2) is 43.9 Å². The summed E-state index contributed by atoms with van der Waals surface area (Å²) in [6.07, 6.45) is 7.36. The molecule has 2 aromatic rings. The Kier molecular flexibility index (Phi) is 5.48. The molecule has 4 rings (SSSR count). The van der Waals surface area contributed by atoms with E-state index in [1.54, 1.807) is 12.1 Å². The fraction of sp³-hybridized carbons (Fsp3) is 0.550. The average Bonchev–Trinajstić information content (AvgIpc) is 3.07. The van der Waals surface area contributed by atoms with Gasteiger partial charge in [-0.3, -0.25) is 4.79 Å². The summed E-state index contributed by atoms with van der Waals surface area (Å²) in [5.41, 5.74) is 0.811. The maximum absolute atomic E-state index is 13.1. The van der Waals surface area contributed by atoms with Crippen molar-refractivity contribution >= 4 is 17.7 Å². The second kappa shape index (κ2) is 8.00. The van der Waals surface area contributed by atoms with Gasteiger partial charge in [0, 0.05) is 25.2 Å². The molecule has 1 aromatic heterocycles. The fourth-order valence-electron chi connectivity index (χ4n) is 4.43. The summed E-state index contributed by atoms with van der Waals surface area (Å²) in [5.74, 6) is 1.70. The number of amides is 1. The third-order valence-electron chi connectivity index (χ3n) is 5.83. The van der Waals surface area contributed by atoms with Gasteiger partial charge in [0.05, 0.1) is 5.75 Å². The van der Waals surface area contributed by atoms with Crippen molar-refractivity contribution in [2.45, 2.75) is 49.7 Å². The second-order valence-electron chi connectivity index (χ2n) is 7.50. The van der Waals surface area contributed by atoms with Crippen molar-refractivity contribution in [2.24, 2.45) is 13.0 Å². The van der Waals surface area contributed by atoms with Crippen LogP contribution in [0.15, 0.2) is 29.4 Å². The van der Waals surface area contributed by atoms with Crippen LogP contribution in [0.25, 0.3) is 11.4 Å². The summed E-state index contributed by atoms with van der Waals surface area (Å²) in [7, 11) is 1.88. The predicted octanol–water partition coefficient (Wildman–Crippen LogP) is 3.89. The quantitative estimate of drug-likeness (QED) is 0.746. The lowest BCUT2D eigenvalue weighted by Crippen LogP contribution is -2.50. The molecule has 1 aromatic carbocycles. The molecule has 1 saturated carbocycles. The first kappa shape index (κ1) is 18.5. The van der Waals surface area contributed by atoms with Gasteiger partial charge in [-0.2, -0.15) is 0 Å². The Hall–Kier alpha value is -1.89. The van der Waals surface area contributed by atoms with E-state index in [4.69, 9.17) is 0 Å². The zero-order valence-electron chi connectivity index (χ0n) is 15.6. The molecule has 7 heteroatoms. The van der Waals surface area contributed by atoms with Crippen LogP contribution in [0.1, 0.15) is 38.5 Å². The van der Waals surface area contributed by atoms with Crippen molar-refractivity contribution < 1.29 is 9.18 Å². The van der Waals surface area contributed by atoms with Gasteiger partial charge in [0.1, 0.15) is 5.82 Å². The molecule has 1 aliphatic carbocycles. The molecule has 2 atom stereocenters. The van der Waals surface area contributed by atoms with Crippen LogP contribution in [0, 0.1) is 11.7 Å². The number of hydrogen-bond donors (Lipinski definition) is 0. The molecule has 0 radical (unpaired) electrons. The molecule has 0 unspecified atom stereocenters. The molecule has 0 spiro atoms. The summed E-state index contributed by atoms with van der Waals surface area (Å²) < 4.78 is 15.0. The molecule has 27 heavy (non-hydrogen) atoms. The maximum atomic E-state index is 13.1. The van der Waals surface area contributed by atoms with Gasteiger partial charge in [0.2, 0.25) is 5.91 Å². The molecule has 1 amide bonds. The standard InChI is InChI=1S/C20H25FN4OS/c1-24-19(15-8-10-16(21)11-9-15)22-23-20(24)27-13-18(26)25-12-4-6-14-5-2-3-7-17(14)25/h8-11,14,17H,2-7,12-13H2,1H3/t14-,17-/m1/s1. The van der Waals surface area contributed by atoms with Crippen molar-refractivity contribution in [2.75, 3.05) is 12.3 Å². The van der Waals surface area contributed by atoms with E-state index in [0.29, 0.717) is 28.7 Å². The van der Waals surface area contributed by atoms with Crippen LogP contribution in [-0.2, 0) is 11.8 Å². The minimum atomic E-state index is -0.274. The van der Waals surface area contributed by atoms with Crippen LogP contribution in [0.3, 0.4) is 0 Å². The average molecular weight is 389 g/mol. The smallest absolute Gasteiger partial charge is 0.233 e. The van der Waals surface area contributed by atoms with Crippen molar-refractivity contribution in [3.63, 3.8) is 0 Å². The molecule has 144 valence electrons. The van der Waals surface area contributed by atoms with Crippen molar-refractivity contribution in [3.8, 4) is 11.4 Å². The molecular formula is C20H25FN4OS. The topological polar surface area (TPSA) is 51.0 Å². The van der Waals surface area contributed by atoms with Gasteiger partial charge in [-0.05, 0) is 55.9 Å². The van der Waals surface area contributed by atoms with Gasteiger partial charge in [0.25, 0.3) is 0 Å². The highest BCUT2D eigenvalue weighted by Crippen LogP contribution is 2.35. The summed E-state index contributed by atoms with van der Waals surface area (Å²) in [6.45, 7) is 0.889. The van der Waals surface area contributed by atoms with Crippen LogP contribution in [0.4, 0.5) is 4.39 Å². The number of benzene rings is 1. The molecule has 0 bridgehead atoms. The van der Waals surface area contributed by atoms with Gasteiger partial charge >= 0.3 is 0 Å². The van der Waals surface area contributed by atoms with E-state index >= 15 is 0 Å². The number of thioether (sulfide) groups is 1. The van der Waals surface area contributed by atoms with Crippen LogP contribution in [0.2, 0.25) is 0 Å². The molecular weight excluding hydrogens is 363 g/mol. The molecule has 2 aliphatic rings. The van der Waals surface area contributed by atoms with Gasteiger partial charge in [-0.25, -0.2) is 4.39 Å².